The predicted octanol–water partition coefficient (Wildman–Crippen LogP) is 7.50. The summed E-state index contributed by atoms with van der Waals surface area (Å²) in [6.07, 6.45) is 15.1. The lowest BCUT2D eigenvalue weighted by molar-refractivity contribution is -0.165. The lowest BCUT2D eigenvalue weighted by atomic mass is 9.64. The summed E-state index contributed by atoms with van der Waals surface area (Å²) < 4.78 is 18.0. The van der Waals surface area contributed by atoms with E-state index in [0.29, 0.717) is 33.6 Å². The molecule has 0 atom stereocenters. The van der Waals surface area contributed by atoms with Crippen molar-refractivity contribution in [1.29, 1.82) is 0 Å². The molecule has 0 radical (unpaired) electrons. The number of rotatable bonds is 9. The summed E-state index contributed by atoms with van der Waals surface area (Å²) in [6, 6.07) is 14.9. The third-order valence-corrected chi connectivity index (χ3v) is 13.7. The third-order valence-electron chi connectivity index (χ3n) is 13.7. The summed E-state index contributed by atoms with van der Waals surface area (Å²) in [5.41, 5.74) is 13.7. The Bertz CT molecular complexity index is 3160. The van der Waals surface area contributed by atoms with Gasteiger partial charge in [0.05, 0.1) is 50.0 Å². The summed E-state index contributed by atoms with van der Waals surface area (Å²) in [5, 5.41) is 29.6. The van der Waals surface area contributed by atoms with Crippen LogP contribution in [0.2, 0.25) is 0 Å². The topological polar surface area (TPSA) is 218 Å². The van der Waals surface area contributed by atoms with Gasteiger partial charge >= 0.3 is 5.97 Å². The highest BCUT2D eigenvalue weighted by molar-refractivity contribution is 6.02. The zero-order chi connectivity index (χ0) is 46.8. The molecule has 0 unspecified atom stereocenters. The van der Waals surface area contributed by atoms with Crippen LogP contribution >= 0.6 is 12.4 Å². The maximum absolute atomic E-state index is 13.1. The molecule has 2 aliphatic carbocycles. The third kappa shape index (κ3) is 8.18. The van der Waals surface area contributed by atoms with Gasteiger partial charge in [-0.25, -0.2) is 24.3 Å². The van der Waals surface area contributed by atoms with Gasteiger partial charge in [-0.3, -0.25) is 4.79 Å². The first-order valence-electron chi connectivity index (χ1n) is 22.9. The molecule has 0 bridgehead atoms. The molecule has 356 valence electrons. The zero-order valence-electron chi connectivity index (χ0n) is 39.1. The minimum Gasteiger partial charge on any atom is -0.478 e. The SMILES string of the molecule is CNc1cc(-c2cn(C(C)C)c3ncccc23)cc2c(C(=O)O)cnn12.CNc1cc(-c2cn(C(C)C)c3ncccc23)nc2c(C(=O)NC3CC4(COC4)C3)cnn12.Cl.NC1CC2(COC2)C1. The van der Waals surface area contributed by atoms with Crippen LogP contribution in [0.4, 0.5) is 11.6 Å². The van der Waals surface area contributed by atoms with Crippen molar-refractivity contribution in [2.75, 3.05) is 51.2 Å². The molecule has 18 nitrogen and oxygen atoms in total. The summed E-state index contributed by atoms with van der Waals surface area (Å²) in [7, 11) is 3.63. The fourth-order valence-corrected chi connectivity index (χ4v) is 10.1. The molecule has 2 aliphatic heterocycles. The maximum Gasteiger partial charge on any atom is 0.339 e. The van der Waals surface area contributed by atoms with Crippen molar-refractivity contribution in [1.82, 2.24) is 48.6 Å². The summed E-state index contributed by atoms with van der Waals surface area (Å²) in [4.78, 5) is 38.7. The van der Waals surface area contributed by atoms with Gasteiger partial charge in [0.1, 0.15) is 34.1 Å². The van der Waals surface area contributed by atoms with E-state index >= 15 is 0 Å². The van der Waals surface area contributed by atoms with E-state index in [9.17, 15) is 14.7 Å². The number of nitrogens with two attached hydrogens (primary N) is 1. The van der Waals surface area contributed by atoms with Crippen LogP contribution in [0, 0.1) is 10.8 Å². The highest BCUT2D eigenvalue weighted by Crippen LogP contribution is 2.47. The van der Waals surface area contributed by atoms with E-state index < -0.39 is 5.97 Å². The molecule has 2 saturated carbocycles. The van der Waals surface area contributed by atoms with Gasteiger partial charge in [-0.1, -0.05) is 0 Å². The number of ether oxygens (including phenoxy) is 2. The molecule has 19 heteroatoms. The first-order chi connectivity index (χ1) is 32.3. The maximum atomic E-state index is 13.1. The second kappa shape index (κ2) is 18.1. The van der Waals surface area contributed by atoms with Crippen molar-refractivity contribution in [3.63, 3.8) is 0 Å². The molecule has 68 heavy (non-hydrogen) atoms. The van der Waals surface area contributed by atoms with E-state index in [1.54, 1.807) is 34.7 Å². The van der Waals surface area contributed by atoms with Crippen LogP contribution in [-0.4, -0.2) is 113 Å². The number of hydrogen-bond donors (Lipinski definition) is 5. The normalized spacial score (nSPS) is 17.7. The van der Waals surface area contributed by atoms with Gasteiger partial charge in [-0.05, 0) is 95.3 Å². The Morgan fingerprint density at radius 1 is 0.750 bits per heavy atom. The molecule has 2 spiro atoms. The largest absolute Gasteiger partial charge is 0.478 e. The molecule has 6 N–H and O–H groups in total. The first-order valence-corrected chi connectivity index (χ1v) is 22.9. The number of carboxylic acid groups (broad SMARTS) is 1. The summed E-state index contributed by atoms with van der Waals surface area (Å²) >= 11 is 0. The number of amides is 1. The van der Waals surface area contributed by atoms with Gasteiger partial charge in [0.15, 0.2) is 5.65 Å². The van der Waals surface area contributed by atoms with Crippen LogP contribution in [-0.2, 0) is 9.47 Å². The van der Waals surface area contributed by atoms with Crippen molar-refractivity contribution in [3.05, 3.63) is 90.8 Å². The minimum absolute atomic E-state index is 0. The number of fused-ring (bicyclic) bond motifs is 4. The van der Waals surface area contributed by atoms with Gasteiger partial charge < -0.3 is 45.4 Å². The highest BCUT2D eigenvalue weighted by Gasteiger charge is 2.50. The number of nitrogens with one attached hydrogen (secondary N) is 3. The Balaban J connectivity index is 0.000000146. The van der Waals surface area contributed by atoms with E-state index in [2.05, 4.69) is 91.4 Å². The number of hydrogen-bond acceptors (Lipinski definition) is 12. The number of carbonyl (C=O) groups is 2. The van der Waals surface area contributed by atoms with E-state index in [-0.39, 0.29) is 42.0 Å². The van der Waals surface area contributed by atoms with E-state index in [0.717, 1.165) is 95.4 Å². The monoisotopic (exact) mass is 943 g/mol. The number of aromatic carboxylic acids is 1. The molecule has 0 aromatic carbocycles. The quantitative estimate of drug-likeness (QED) is 0.0949. The second-order valence-corrected chi connectivity index (χ2v) is 19.2. The molecular formula is C49H58ClN13O5. The van der Waals surface area contributed by atoms with Gasteiger partial charge in [-0.2, -0.15) is 14.7 Å². The average Bonchev–Trinajstić information content (AvgIpc) is 4.07. The molecule has 8 aromatic heterocycles. The Morgan fingerprint density at radius 3 is 1.82 bits per heavy atom. The van der Waals surface area contributed by atoms with Gasteiger partial charge in [0.2, 0.25) is 0 Å². The van der Waals surface area contributed by atoms with Crippen LogP contribution in [0.1, 0.15) is 86.2 Å². The minimum atomic E-state index is -0.995. The fraction of sp³-hybridized carbons (Fsp3) is 0.408. The van der Waals surface area contributed by atoms with Crippen molar-refractivity contribution in [3.8, 4) is 22.4 Å². The van der Waals surface area contributed by atoms with E-state index in [1.807, 2.05) is 43.4 Å². The molecular weight excluding hydrogens is 886 g/mol. The van der Waals surface area contributed by atoms with Gasteiger partial charge in [-0.15, -0.1) is 12.4 Å². The number of anilines is 2. The Labute approximate surface area is 399 Å². The van der Waals surface area contributed by atoms with Gasteiger partial charge in [0.25, 0.3) is 5.91 Å². The predicted molar refractivity (Wildman–Crippen MR) is 264 cm³/mol. The van der Waals surface area contributed by atoms with Crippen molar-refractivity contribution < 1.29 is 24.2 Å². The zero-order valence-corrected chi connectivity index (χ0v) is 39.9. The molecule has 10 heterocycles. The molecule has 1 amide bonds. The summed E-state index contributed by atoms with van der Waals surface area (Å²) in [6.45, 7) is 12.1. The molecule has 4 fully saturated rings. The molecule has 2 saturated heterocycles. The number of halogens is 1. The number of pyridine rings is 3. The molecule has 4 aliphatic rings. The molecule has 12 rings (SSSR count). The van der Waals surface area contributed by atoms with Crippen molar-refractivity contribution in [2.45, 2.75) is 77.5 Å². The average molecular weight is 945 g/mol. The lowest BCUT2D eigenvalue weighted by Crippen LogP contribution is -2.59. The Kier molecular flexibility index (Phi) is 12.4. The summed E-state index contributed by atoms with van der Waals surface area (Å²) in [5.74, 6) is 0.352. The van der Waals surface area contributed by atoms with Crippen molar-refractivity contribution in [2.24, 2.45) is 16.6 Å². The van der Waals surface area contributed by atoms with Crippen molar-refractivity contribution >= 4 is 69.1 Å². The molecule has 8 aromatic rings. The number of aromatic nitrogens is 9. The van der Waals surface area contributed by atoms with Crippen LogP contribution in [0.5, 0.6) is 0 Å². The number of carbonyl (C=O) groups excluding carboxylic acids is 1. The van der Waals surface area contributed by atoms with Crippen LogP contribution in [0.3, 0.4) is 0 Å². The first kappa shape index (κ1) is 46.5. The lowest BCUT2D eigenvalue weighted by Gasteiger charge is -2.53. The second-order valence-electron chi connectivity index (χ2n) is 19.2. The van der Waals surface area contributed by atoms with Crippen LogP contribution in [0.15, 0.2) is 79.6 Å². The van der Waals surface area contributed by atoms with Crippen LogP contribution < -0.4 is 21.7 Å². The van der Waals surface area contributed by atoms with Gasteiger partial charge in [0, 0.05) is 102 Å². The Morgan fingerprint density at radius 2 is 1.29 bits per heavy atom. The fourth-order valence-electron chi connectivity index (χ4n) is 10.1. The highest BCUT2D eigenvalue weighted by atomic mass is 35.5. The number of nitrogens with zero attached hydrogens (tertiary/aromatic N) is 9. The van der Waals surface area contributed by atoms with E-state index in [4.69, 9.17) is 20.2 Å². The Hall–Kier alpha value is -6.60. The number of carboxylic acids is 1. The standard InChI is InChI=1S/C24H27N7O2.C19H19N5O2.C6H11NO.ClH/c1-14(2)30-11-18(16-5-4-6-26-21(16)30)19-7-20(25-3)31-22(29-19)17(10-27-31)23(32)28-15-8-24(9-15)12-33-13-24;1-11(2)23-10-15(13-5-4-6-21-18(13)23)12-7-16-14(19(25)26)9-22-24(16)17(8-12)20-3;7-5-1-6(2-5)3-8-4-6;/h4-7,10-11,14-15,25H,8-9,12-13H2,1-3H3,(H,28,32);4-11,20H,1-3H3,(H,25,26);5H,1-4,7H2;1H. The van der Waals surface area contributed by atoms with E-state index in [1.165, 1.54) is 19.0 Å². The van der Waals surface area contributed by atoms with Crippen LogP contribution in [0.25, 0.3) is 55.6 Å². The smallest absolute Gasteiger partial charge is 0.339 e.